The summed E-state index contributed by atoms with van der Waals surface area (Å²) in [6, 6.07) is -0.628. The lowest BCUT2D eigenvalue weighted by molar-refractivity contribution is -0.138. The summed E-state index contributed by atoms with van der Waals surface area (Å²) in [6.45, 7) is 0.401. The number of hydrogen-bond acceptors (Lipinski definition) is 4. The maximum atomic E-state index is 10.4. The summed E-state index contributed by atoms with van der Waals surface area (Å²) in [6.07, 6.45) is 3.21. The van der Waals surface area contributed by atoms with Gasteiger partial charge in [-0.15, -0.1) is 0 Å². The minimum Gasteiger partial charge on any atom is -0.480 e. The molecule has 70 valence electrons. The van der Waals surface area contributed by atoms with Gasteiger partial charge in [-0.25, -0.2) is 0 Å². The first-order valence-corrected chi connectivity index (χ1v) is 4.18. The molecule has 0 saturated carbocycles. The zero-order valence-electron chi connectivity index (χ0n) is 6.60. The molecule has 0 aromatic rings. The summed E-state index contributed by atoms with van der Waals surface area (Å²) in [5.41, 5.74) is 0. The van der Waals surface area contributed by atoms with Gasteiger partial charge in [-0.1, -0.05) is 12.2 Å². The molecule has 0 aliphatic heterocycles. The van der Waals surface area contributed by atoms with Crippen molar-refractivity contribution in [3.8, 4) is 0 Å². The van der Waals surface area contributed by atoms with Gasteiger partial charge in [0.2, 0.25) is 0 Å². The number of carboxylic acid groups (broad SMARTS) is 1. The third-order valence-corrected chi connectivity index (χ3v) is 1.60. The van der Waals surface area contributed by atoms with E-state index in [1.807, 2.05) is 0 Å². The second-order valence-corrected chi connectivity index (χ2v) is 2.50. The molecule has 0 aromatic heterocycles. The Kier molecular flexibility index (Phi) is 6.84. The number of carboxylic acids is 1. The van der Waals surface area contributed by atoms with E-state index in [4.69, 9.17) is 10.2 Å². The van der Waals surface area contributed by atoms with E-state index >= 15 is 0 Å². The van der Waals surface area contributed by atoms with Crippen LogP contribution in [-0.2, 0) is 4.79 Å². The minimum atomic E-state index is -0.914. The Bertz CT molecular complexity index is 161. The van der Waals surface area contributed by atoms with E-state index in [9.17, 15) is 4.79 Å². The summed E-state index contributed by atoms with van der Waals surface area (Å²) < 4.78 is 0. The third kappa shape index (κ3) is 5.17. The first-order valence-electron chi connectivity index (χ1n) is 3.55. The fourth-order valence-corrected chi connectivity index (χ4v) is 0.883. The number of rotatable bonds is 6. The molecular weight excluding hydrogens is 178 g/mol. The van der Waals surface area contributed by atoms with Crippen LogP contribution >= 0.6 is 12.6 Å². The van der Waals surface area contributed by atoms with Crippen LogP contribution in [-0.4, -0.2) is 41.1 Å². The lowest BCUT2D eigenvalue weighted by Gasteiger charge is -2.08. The summed E-state index contributed by atoms with van der Waals surface area (Å²) >= 11 is 3.86. The molecule has 0 spiro atoms. The van der Waals surface area contributed by atoms with Gasteiger partial charge in [0.1, 0.15) is 6.04 Å². The van der Waals surface area contributed by atoms with Crippen LogP contribution < -0.4 is 5.32 Å². The molecule has 0 aromatic carbocycles. The largest absolute Gasteiger partial charge is 0.480 e. The second kappa shape index (κ2) is 7.15. The molecule has 0 amide bonds. The molecule has 0 aliphatic carbocycles. The highest BCUT2D eigenvalue weighted by Crippen LogP contribution is 1.87. The van der Waals surface area contributed by atoms with E-state index in [0.29, 0.717) is 6.54 Å². The van der Waals surface area contributed by atoms with E-state index in [1.54, 1.807) is 12.2 Å². The highest BCUT2D eigenvalue weighted by atomic mass is 32.1. The molecule has 0 unspecified atom stereocenters. The summed E-state index contributed by atoms with van der Waals surface area (Å²) in [4.78, 5) is 10.4. The Balaban J connectivity index is 3.58. The average molecular weight is 191 g/mol. The molecule has 0 saturated heterocycles. The topological polar surface area (TPSA) is 69.6 Å². The van der Waals surface area contributed by atoms with Gasteiger partial charge in [-0.3, -0.25) is 4.79 Å². The average Bonchev–Trinajstić information content (AvgIpc) is 2.04. The molecule has 5 heteroatoms. The first-order chi connectivity index (χ1) is 5.72. The number of hydrogen-bond donors (Lipinski definition) is 4. The summed E-state index contributed by atoms with van der Waals surface area (Å²) in [7, 11) is 0. The van der Waals surface area contributed by atoms with Gasteiger partial charge in [0.15, 0.2) is 0 Å². The van der Waals surface area contributed by atoms with Gasteiger partial charge in [-0.05, 0) is 0 Å². The number of nitrogens with one attached hydrogen (secondary N) is 1. The third-order valence-electron chi connectivity index (χ3n) is 1.23. The van der Waals surface area contributed by atoms with E-state index in [2.05, 4.69) is 17.9 Å². The van der Waals surface area contributed by atoms with Crippen molar-refractivity contribution in [3.63, 3.8) is 0 Å². The Labute approximate surface area is 76.7 Å². The Morgan fingerprint density at radius 3 is 2.67 bits per heavy atom. The molecule has 0 radical (unpaired) electrons. The molecule has 0 fully saturated rings. The van der Waals surface area contributed by atoms with E-state index in [-0.39, 0.29) is 12.4 Å². The van der Waals surface area contributed by atoms with Gasteiger partial charge in [0, 0.05) is 12.3 Å². The Morgan fingerprint density at radius 1 is 1.58 bits per heavy atom. The predicted molar refractivity (Wildman–Crippen MR) is 49.5 cm³/mol. The van der Waals surface area contributed by atoms with E-state index in [0.717, 1.165) is 0 Å². The van der Waals surface area contributed by atoms with Crippen LogP contribution in [0.1, 0.15) is 0 Å². The summed E-state index contributed by atoms with van der Waals surface area (Å²) in [5, 5.41) is 19.6. The SMILES string of the molecule is O=C(O)[C@H](CS)NCC=CCO. The number of carbonyl (C=O) groups is 1. The molecule has 1 atom stereocenters. The van der Waals surface area contributed by atoms with Crippen molar-refractivity contribution in [2.45, 2.75) is 6.04 Å². The maximum absolute atomic E-state index is 10.4. The molecule has 0 bridgehead atoms. The quantitative estimate of drug-likeness (QED) is 0.338. The number of thiol groups is 1. The molecule has 3 N–H and O–H groups in total. The fraction of sp³-hybridized carbons (Fsp3) is 0.571. The molecule has 0 rings (SSSR count). The van der Waals surface area contributed by atoms with Crippen LogP contribution in [0.25, 0.3) is 0 Å². The van der Waals surface area contributed by atoms with E-state index < -0.39 is 12.0 Å². The Hall–Kier alpha value is -0.520. The zero-order chi connectivity index (χ0) is 9.40. The van der Waals surface area contributed by atoms with Crippen LogP contribution in [0.2, 0.25) is 0 Å². The van der Waals surface area contributed by atoms with Crippen molar-refractivity contribution < 1.29 is 15.0 Å². The maximum Gasteiger partial charge on any atom is 0.321 e. The van der Waals surface area contributed by atoms with Gasteiger partial charge in [-0.2, -0.15) is 12.6 Å². The standard InChI is InChI=1S/C7H13NO3S/c9-4-2-1-3-8-6(5-12)7(10)11/h1-2,6,8-9,12H,3-5H2,(H,10,11)/t6-/m0/s1. The van der Waals surface area contributed by atoms with Gasteiger partial charge < -0.3 is 15.5 Å². The summed E-state index contributed by atoms with van der Waals surface area (Å²) in [5.74, 6) is -0.662. The highest BCUT2D eigenvalue weighted by molar-refractivity contribution is 7.80. The molecule has 0 heterocycles. The van der Waals surface area contributed by atoms with Gasteiger partial charge in [0.25, 0.3) is 0 Å². The number of aliphatic hydroxyl groups excluding tert-OH is 1. The van der Waals surface area contributed by atoms with Crippen molar-refractivity contribution in [2.24, 2.45) is 0 Å². The van der Waals surface area contributed by atoms with Crippen molar-refractivity contribution in [3.05, 3.63) is 12.2 Å². The molecule has 0 aliphatic rings. The smallest absolute Gasteiger partial charge is 0.321 e. The monoisotopic (exact) mass is 191 g/mol. The second-order valence-electron chi connectivity index (χ2n) is 2.14. The van der Waals surface area contributed by atoms with Gasteiger partial charge in [0.05, 0.1) is 6.61 Å². The van der Waals surface area contributed by atoms with Gasteiger partial charge >= 0.3 is 5.97 Å². The number of aliphatic carboxylic acids is 1. The normalized spacial score (nSPS) is 13.5. The molecule has 4 nitrogen and oxygen atoms in total. The van der Waals surface area contributed by atoms with Crippen molar-refractivity contribution in [2.75, 3.05) is 18.9 Å². The number of aliphatic hydroxyl groups is 1. The minimum absolute atomic E-state index is 0.0275. The van der Waals surface area contributed by atoms with Crippen LogP contribution in [0.3, 0.4) is 0 Å². The van der Waals surface area contributed by atoms with Crippen LogP contribution in [0.15, 0.2) is 12.2 Å². The van der Waals surface area contributed by atoms with Crippen LogP contribution in [0.5, 0.6) is 0 Å². The fourth-order valence-electron chi connectivity index (χ4n) is 0.598. The highest BCUT2D eigenvalue weighted by Gasteiger charge is 2.12. The van der Waals surface area contributed by atoms with Crippen LogP contribution in [0.4, 0.5) is 0 Å². The predicted octanol–water partition coefficient (Wildman–Crippen LogP) is -0.492. The lowest BCUT2D eigenvalue weighted by Crippen LogP contribution is -2.38. The lowest BCUT2D eigenvalue weighted by atomic mass is 10.3. The Morgan fingerprint density at radius 2 is 2.25 bits per heavy atom. The zero-order valence-corrected chi connectivity index (χ0v) is 7.50. The van der Waals surface area contributed by atoms with Crippen LogP contribution in [0, 0.1) is 0 Å². The first kappa shape index (κ1) is 11.5. The molecular formula is C7H13NO3S. The van der Waals surface area contributed by atoms with Crippen molar-refractivity contribution in [1.29, 1.82) is 0 Å². The van der Waals surface area contributed by atoms with E-state index in [1.165, 1.54) is 0 Å². The van der Waals surface area contributed by atoms with Crippen molar-refractivity contribution >= 4 is 18.6 Å². The molecule has 12 heavy (non-hydrogen) atoms. The van der Waals surface area contributed by atoms with Crippen molar-refractivity contribution in [1.82, 2.24) is 5.32 Å².